The zero-order valence-corrected chi connectivity index (χ0v) is 12.9. The van der Waals surface area contributed by atoms with E-state index in [9.17, 15) is 9.90 Å². The van der Waals surface area contributed by atoms with Crippen molar-refractivity contribution in [3.8, 4) is 0 Å². The summed E-state index contributed by atoms with van der Waals surface area (Å²) in [5, 5.41) is 16.0. The summed E-state index contributed by atoms with van der Waals surface area (Å²) in [7, 11) is 3.33. The summed E-state index contributed by atoms with van der Waals surface area (Å²) >= 11 is 5.54. The minimum absolute atomic E-state index is 0.165. The van der Waals surface area contributed by atoms with E-state index in [0.29, 0.717) is 24.5 Å². The fraction of sp³-hybridized carbons (Fsp3) is 0.429. The lowest BCUT2D eigenvalue weighted by atomic mass is 10.2. The van der Waals surface area contributed by atoms with Crippen LogP contribution in [0.15, 0.2) is 42.0 Å². The number of carbonyl (C=O) groups is 1. The lowest BCUT2D eigenvalue weighted by Crippen LogP contribution is -2.42. The fourth-order valence-electron chi connectivity index (χ4n) is 1.32. The minimum atomic E-state index is -0.304. The van der Waals surface area contributed by atoms with Crippen LogP contribution in [0, 0.1) is 0 Å². The van der Waals surface area contributed by atoms with E-state index in [2.05, 4.69) is 17.6 Å². The van der Waals surface area contributed by atoms with Crippen molar-refractivity contribution in [2.45, 2.75) is 13.0 Å². The van der Waals surface area contributed by atoms with Gasteiger partial charge >= 0.3 is 0 Å². The van der Waals surface area contributed by atoms with E-state index in [4.69, 9.17) is 11.6 Å². The molecule has 0 saturated heterocycles. The number of alkyl halides is 1. The van der Waals surface area contributed by atoms with Crippen LogP contribution in [-0.4, -0.2) is 54.1 Å². The molecule has 0 radical (unpaired) electrons. The summed E-state index contributed by atoms with van der Waals surface area (Å²) in [5.74, 6) is 0.576. The quantitative estimate of drug-likeness (QED) is 0.170. The second-order valence-corrected chi connectivity index (χ2v) is 4.39. The molecule has 1 atom stereocenters. The van der Waals surface area contributed by atoms with Gasteiger partial charge in [-0.2, -0.15) is 0 Å². The third-order valence-electron chi connectivity index (χ3n) is 2.81. The molecule has 2 N–H and O–H groups in total. The zero-order valence-electron chi connectivity index (χ0n) is 12.1. The molecule has 0 fully saturated rings. The number of likely N-dealkylation sites (N-methyl/N-ethyl adjacent to an activating group) is 1. The molecule has 0 aromatic heterocycles. The van der Waals surface area contributed by atoms with Crippen LogP contribution in [0.1, 0.15) is 6.92 Å². The van der Waals surface area contributed by atoms with Crippen molar-refractivity contribution in [3.63, 3.8) is 0 Å². The van der Waals surface area contributed by atoms with Gasteiger partial charge in [-0.05, 0) is 19.1 Å². The standard InChI is InChI=1S/C14H22ClN3O2/c1-5-13(7-6-9-15)16-10-8-14(20)12(2)18(4)17(3)11-19/h6-8,11-12,16,20H,1,9-10H2,2-4H3/b7-6-,14-8-. The van der Waals surface area contributed by atoms with Crippen LogP contribution < -0.4 is 5.32 Å². The van der Waals surface area contributed by atoms with Gasteiger partial charge in [0.05, 0.1) is 11.7 Å². The maximum absolute atomic E-state index is 10.6. The molecule has 0 heterocycles. The molecule has 1 amide bonds. The van der Waals surface area contributed by atoms with E-state index in [1.165, 1.54) is 5.01 Å². The maximum atomic E-state index is 10.6. The molecule has 0 aromatic rings. The second kappa shape index (κ2) is 10.1. The highest BCUT2D eigenvalue weighted by molar-refractivity contribution is 6.18. The Hall–Kier alpha value is -1.68. The molecule has 1 unspecified atom stereocenters. The van der Waals surface area contributed by atoms with Crippen molar-refractivity contribution >= 4 is 18.0 Å². The van der Waals surface area contributed by atoms with Gasteiger partial charge in [0.15, 0.2) is 0 Å². The first-order valence-electron chi connectivity index (χ1n) is 6.14. The van der Waals surface area contributed by atoms with E-state index < -0.39 is 0 Å². The van der Waals surface area contributed by atoms with Gasteiger partial charge in [0.2, 0.25) is 6.41 Å². The van der Waals surface area contributed by atoms with Crippen molar-refractivity contribution in [2.24, 2.45) is 0 Å². The van der Waals surface area contributed by atoms with Crippen molar-refractivity contribution in [1.82, 2.24) is 15.3 Å². The Morgan fingerprint density at radius 3 is 2.70 bits per heavy atom. The number of carbonyl (C=O) groups excluding carboxylic acids is 1. The van der Waals surface area contributed by atoms with E-state index >= 15 is 0 Å². The van der Waals surface area contributed by atoms with Gasteiger partial charge in [0, 0.05) is 26.5 Å². The van der Waals surface area contributed by atoms with Crippen LogP contribution in [0.3, 0.4) is 0 Å². The molecule has 0 spiro atoms. The first kappa shape index (κ1) is 18.3. The van der Waals surface area contributed by atoms with Gasteiger partial charge in [0.25, 0.3) is 0 Å². The van der Waals surface area contributed by atoms with Crippen molar-refractivity contribution in [1.29, 1.82) is 0 Å². The molecular weight excluding hydrogens is 278 g/mol. The largest absolute Gasteiger partial charge is 0.511 e. The summed E-state index contributed by atoms with van der Waals surface area (Å²) in [6.07, 6.45) is 5.84. The van der Waals surface area contributed by atoms with Crippen molar-refractivity contribution in [3.05, 3.63) is 42.0 Å². The number of hydrogen-bond donors (Lipinski definition) is 2. The van der Waals surface area contributed by atoms with Crippen LogP contribution in [0.5, 0.6) is 0 Å². The summed E-state index contributed by atoms with van der Waals surface area (Å²) in [6.45, 7) is 5.76. The van der Waals surface area contributed by atoms with E-state index in [1.54, 1.807) is 44.3 Å². The number of rotatable bonds is 9. The van der Waals surface area contributed by atoms with Gasteiger partial charge < -0.3 is 10.4 Å². The Kier molecular flexibility index (Phi) is 9.30. The topological polar surface area (TPSA) is 55.8 Å². The SMILES string of the molecule is C=C=C(/C=C\CCl)NC/C=C(\O)C(C)N(C)N(C)C=O. The molecule has 20 heavy (non-hydrogen) atoms. The molecule has 6 heteroatoms. The molecule has 0 rings (SSSR count). The smallest absolute Gasteiger partial charge is 0.223 e. The predicted octanol–water partition coefficient (Wildman–Crippen LogP) is 1.81. The Morgan fingerprint density at radius 1 is 1.55 bits per heavy atom. The third-order valence-corrected chi connectivity index (χ3v) is 2.98. The molecule has 0 aliphatic carbocycles. The predicted molar refractivity (Wildman–Crippen MR) is 82.3 cm³/mol. The molecular formula is C14H22ClN3O2. The van der Waals surface area contributed by atoms with E-state index in [-0.39, 0.29) is 11.8 Å². The Labute approximate surface area is 125 Å². The van der Waals surface area contributed by atoms with Crippen molar-refractivity contribution < 1.29 is 9.90 Å². The highest BCUT2D eigenvalue weighted by atomic mass is 35.5. The number of halogens is 1. The average Bonchev–Trinajstić information content (AvgIpc) is 2.47. The summed E-state index contributed by atoms with van der Waals surface area (Å²) < 4.78 is 0. The lowest BCUT2D eigenvalue weighted by molar-refractivity contribution is -0.131. The number of nitrogens with zero attached hydrogens (tertiary/aromatic N) is 2. The van der Waals surface area contributed by atoms with Gasteiger partial charge in [-0.15, -0.1) is 17.3 Å². The molecule has 5 nitrogen and oxygen atoms in total. The normalized spacial score (nSPS) is 13.2. The summed E-state index contributed by atoms with van der Waals surface area (Å²) in [5.41, 5.74) is 3.42. The molecule has 0 aliphatic heterocycles. The van der Waals surface area contributed by atoms with Crippen LogP contribution in [0.2, 0.25) is 0 Å². The molecule has 112 valence electrons. The number of aliphatic hydroxyl groups is 1. The third kappa shape index (κ3) is 6.48. The zero-order chi connectivity index (χ0) is 15.5. The Morgan fingerprint density at radius 2 is 2.20 bits per heavy atom. The second-order valence-electron chi connectivity index (χ2n) is 4.09. The number of allylic oxidation sites excluding steroid dienone is 2. The van der Waals surface area contributed by atoms with E-state index in [0.717, 1.165) is 0 Å². The maximum Gasteiger partial charge on any atom is 0.223 e. The fourth-order valence-corrected chi connectivity index (χ4v) is 1.41. The van der Waals surface area contributed by atoms with Crippen molar-refractivity contribution in [2.75, 3.05) is 26.5 Å². The Balaban J connectivity index is 4.49. The van der Waals surface area contributed by atoms with Gasteiger partial charge in [-0.25, -0.2) is 5.01 Å². The Bertz CT molecular complexity index is 415. The van der Waals surface area contributed by atoms with Crippen LogP contribution in [0.4, 0.5) is 0 Å². The molecule has 0 aromatic carbocycles. The summed E-state index contributed by atoms with van der Waals surface area (Å²) in [6, 6.07) is -0.304. The molecule has 0 bridgehead atoms. The minimum Gasteiger partial charge on any atom is -0.511 e. The first-order valence-corrected chi connectivity index (χ1v) is 6.67. The summed E-state index contributed by atoms with van der Waals surface area (Å²) in [4.78, 5) is 10.6. The van der Waals surface area contributed by atoms with Gasteiger partial charge in [-0.3, -0.25) is 9.80 Å². The number of hydrazine groups is 1. The molecule has 0 saturated carbocycles. The van der Waals surface area contributed by atoms with Gasteiger partial charge in [0.1, 0.15) is 5.76 Å². The highest BCUT2D eigenvalue weighted by Crippen LogP contribution is 2.06. The van der Waals surface area contributed by atoms with Crippen LogP contribution in [-0.2, 0) is 4.79 Å². The highest BCUT2D eigenvalue weighted by Gasteiger charge is 2.15. The average molecular weight is 300 g/mol. The number of aliphatic hydroxyl groups excluding tert-OH is 1. The first-order chi connectivity index (χ1) is 9.47. The lowest BCUT2D eigenvalue weighted by Gasteiger charge is -2.30. The molecule has 0 aliphatic rings. The number of hydrogen-bond acceptors (Lipinski definition) is 4. The van der Waals surface area contributed by atoms with Crippen LogP contribution in [0.25, 0.3) is 0 Å². The van der Waals surface area contributed by atoms with E-state index in [1.807, 2.05) is 0 Å². The van der Waals surface area contributed by atoms with Gasteiger partial charge in [-0.1, -0.05) is 12.7 Å². The monoisotopic (exact) mass is 299 g/mol. The number of nitrogens with one attached hydrogen (secondary N) is 1. The number of amides is 1. The van der Waals surface area contributed by atoms with Crippen LogP contribution >= 0.6 is 11.6 Å².